The second kappa shape index (κ2) is 8.19. The summed E-state index contributed by atoms with van der Waals surface area (Å²) in [5.74, 6) is 0.586. The van der Waals surface area contributed by atoms with Crippen molar-refractivity contribution in [1.82, 2.24) is 14.7 Å². The molecular weight excluding hydrogens is 390 g/mol. The number of benzene rings is 2. The van der Waals surface area contributed by atoms with Gasteiger partial charge in [0.15, 0.2) is 6.73 Å². The molecule has 1 aliphatic heterocycles. The Bertz CT molecular complexity index is 1090. The van der Waals surface area contributed by atoms with Crippen LogP contribution in [0.25, 0.3) is 11.1 Å². The van der Waals surface area contributed by atoms with E-state index in [0.29, 0.717) is 11.3 Å². The highest BCUT2D eigenvalue weighted by Crippen LogP contribution is 2.32. The number of aromatic nitrogens is 2. The van der Waals surface area contributed by atoms with E-state index in [1.165, 1.54) is 5.56 Å². The Kier molecular flexibility index (Phi) is 5.24. The van der Waals surface area contributed by atoms with Gasteiger partial charge in [-0.3, -0.25) is 14.4 Å². The Labute approximate surface area is 182 Å². The van der Waals surface area contributed by atoms with Gasteiger partial charge in [-0.05, 0) is 48.1 Å². The molecular formula is C25H27N3O3. The standard InChI is InChI=1S/C25H27N3O3/c1-27-15-20(14-26-27)19-9-6-17(7-10-19)12-18-8-11-24-21(13-18)25(30)28(16-31-24)22-4-2-3-5-23(22)29/h6-11,13-15,22-23,29H,2-5,12,16H2,1H3/t22-,23-/m0/s1. The van der Waals surface area contributed by atoms with Crippen molar-refractivity contribution < 1.29 is 14.6 Å². The molecule has 0 saturated heterocycles. The molecule has 1 aliphatic carbocycles. The summed E-state index contributed by atoms with van der Waals surface area (Å²) >= 11 is 0. The van der Waals surface area contributed by atoms with Gasteiger partial charge in [0.05, 0.1) is 23.9 Å². The van der Waals surface area contributed by atoms with E-state index < -0.39 is 6.10 Å². The highest BCUT2D eigenvalue weighted by molar-refractivity contribution is 5.98. The van der Waals surface area contributed by atoms with E-state index in [1.807, 2.05) is 37.6 Å². The van der Waals surface area contributed by atoms with Gasteiger partial charge in [0.1, 0.15) is 5.75 Å². The molecule has 31 heavy (non-hydrogen) atoms. The van der Waals surface area contributed by atoms with Gasteiger partial charge < -0.3 is 9.84 Å². The molecule has 0 spiro atoms. The third-order valence-corrected chi connectivity index (χ3v) is 6.39. The summed E-state index contributed by atoms with van der Waals surface area (Å²) in [7, 11) is 1.91. The smallest absolute Gasteiger partial charge is 0.260 e. The Morgan fingerprint density at radius 2 is 1.84 bits per heavy atom. The number of aryl methyl sites for hydroxylation is 1. The van der Waals surface area contributed by atoms with E-state index in [2.05, 4.69) is 29.4 Å². The maximum Gasteiger partial charge on any atom is 0.260 e. The van der Waals surface area contributed by atoms with Crippen LogP contribution in [0.5, 0.6) is 5.75 Å². The number of nitrogens with zero attached hydrogens (tertiary/aromatic N) is 3. The minimum Gasteiger partial charge on any atom is -0.472 e. The third-order valence-electron chi connectivity index (χ3n) is 6.39. The van der Waals surface area contributed by atoms with Crippen LogP contribution in [0.15, 0.2) is 54.9 Å². The van der Waals surface area contributed by atoms with Crippen LogP contribution in [0.3, 0.4) is 0 Å². The molecule has 3 aromatic rings. The van der Waals surface area contributed by atoms with Gasteiger partial charge in [-0.15, -0.1) is 0 Å². The van der Waals surface area contributed by atoms with Crippen LogP contribution in [0.2, 0.25) is 0 Å². The highest BCUT2D eigenvalue weighted by Gasteiger charge is 2.36. The lowest BCUT2D eigenvalue weighted by Gasteiger charge is -2.39. The monoisotopic (exact) mass is 417 g/mol. The quantitative estimate of drug-likeness (QED) is 0.702. The molecule has 0 unspecified atom stereocenters. The Balaban J connectivity index is 1.34. The molecule has 2 heterocycles. The van der Waals surface area contributed by atoms with Crippen LogP contribution < -0.4 is 4.74 Å². The first-order valence-electron chi connectivity index (χ1n) is 10.9. The molecule has 5 rings (SSSR count). The fourth-order valence-electron chi connectivity index (χ4n) is 4.66. The highest BCUT2D eigenvalue weighted by atomic mass is 16.5. The number of hydrogen-bond acceptors (Lipinski definition) is 4. The van der Waals surface area contributed by atoms with Crippen molar-refractivity contribution in [3.05, 3.63) is 71.5 Å². The van der Waals surface area contributed by atoms with E-state index >= 15 is 0 Å². The summed E-state index contributed by atoms with van der Waals surface area (Å²) in [6, 6.07) is 14.1. The van der Waals surface area contributed by atoms with Gasteiger partial charge in [-0.2, -0.15) is 5.10 Å². The normalized spacial score (nSPS) is 21.0. The zero-order valence-corrected chi connectivity index (χ0v) is 17.7. The lowest BCUT2D eigenvalue weighted by atomic mass is 9.90. The Morgan fingerprint density at radius 3 is 2.58 bits per heavy atom. The maximum atomic E-state index is 13.2. The first-order valence-corrected chi connectivity index (χ1v) is 10.9. The van der Waals surface area contributed by atoms with Crippen molar-refractivity contribution in [3.63, 3.8) is 0 Å². The number of aliphatic hydroxyl groups excluding tert-OH is 1. The van der Waals surface area contributed by atoms with Gasteiger partial charge >= 0.3 is 0 Å². The summed E-state index contributed by atoms with van der Waals surface area (Å²) in [6.07, 6.45) is 7.75. The van der Waals surface area contributed by atoms with Gasteiger partial charge in [0, 0.05) is 18.8 Å². The number of carbonyl (C=O) groups is 1. The Morgan fingerprint density at radius 1 is 1.06 bits per heavy atom. The number of aliphatic hydroxyl groups is 1. The van der Waals surface area contributed by atoms with Crippen molar-refractivity contribution in [1.29, 1.82) is 0 Å². The van der Waals surface area contributed by atoms with Gasteiger partial charge in [0.2, 0.25) is 0 Å². The number of fused-ring (bicyclic) bond motifs is 1. The summed E-state index contributed by atoms with van der Waals surface area (Å²) in [5, 5.41) is 14.6. The maximum absolute atomic E-state index is 13.2. The number of carbonyl (C=O) groups excluding carboxylic acids is 1. The predicted molar refractivity (Wildman–Crippen MR) is 118 cm³/mol. The summed E-state index contributed by atoms with van der Waals surface area (Å²) in [4.78, 5) is 14.9. The molecule has 0 bridgehead atoms. The summed E-state index contributed by atoms with van der Waals surface area (Å²) in [5.41, 5.74) is 5.06. The summed E-state index contributed by atoms with van der Waals surface area (Å²) in [6.45, 7) is 0.211. The molecule has 1 saturated carbocycles. The van der Waals surface area contributed by atoms with Crippen molar-refractivity contribution in [2.24, 2.45) is 7.05 Å². The number of ether oxygens (including phenoxy) is 1. The van der Waals surface area contributed by atoms with E-state index in [0.717, 1.165) is 48.8 Å². The lowest BCUT2D eigenvalue weighted by Crippen LogP contribution is -2.51. The van der Waals surface area contributed by atoms with E-state index in [9.17, 15) is 9.90 Å². The third kappa shape index (κ3) is 3.95. The molecule has 2 atom stereocenters. The largest absolute Gasteiger partial charge is 0.472 e. The fourth-order valence-corrected chi connectivity index (χ4v) is 4.66. The number of amides is 1. The van der Waals surface area contributed by atoms with Crippen LogP contribution in [-0.4, -0.2) is 44.6 Å². The predicted octanol–water partition coefficient (Wildman–Crippen LogP) is 3.77. The number of hydrogen-bond donors (Lipinski definition) is 1. The minimum atomic E-state index is -0.468. The van der Waals surface area contributed by atoms with Crippen molar-refractivity contribution >= 4 is 5.91 Å². The molecule has 2 aliphatic rings. The van der Waals surface area contributed by atoms with Crippen LogP contribution >= 0.6 is 0 Å². The van der Waals surface area contributed by atoms with Crippen molar-refractivity contribution in [2.75, 3.05) is 6.73 Å². The lowest BCUT2D eigenvalue weighted by molar-refractivity contribution is -0.0124. The number of rotatable bonds is 4. The molecule has 0 radical (unpaired) electrons. The van der Waals surface area contributed by atoms with Crippen LogP contribution in [0, 0.1) is 0 Å². The average Bonchev–Trinajstić information content (AvgIpc) is 3.22. The molecule has 6 nitrogen and oxygen atoms in total. The fraction of sp³-hybridized carbons (Fsp3) is 0.360. The topological polar surface area (TPSA) is 67.6 Å². The average molecular weight is 418 g/mol. The zero-order chi connectivity index (χ0) is 21.4. The molecule has 6 heteroatoms. The van der Waals surface area contributed by atoms with Crippen molar-refractivity contribution in [3.8, 4) is 16.9 Å². The van der Waals surface area contributed by atoms with Gasteiger partial charge in [-0.25, -0.2) is 0 Å². The molecule has 160 valence electrons. The SMILES string of the molecule is Cn1cc(-c2ccc(Cc3ccc4c(c3)C(=O)N([C@H]3CCCC[C@@H]3O)CO4)cc2)cn1. The first-order chi connectivity index (χ1) is 15.1. The molecule has 2 aromatic carbocycles. The van der Waals surface area contributed by atoms with Crippen LogP contribution in [0.4, 0.5) is 0 Å². The van der Waals surface area contributed by atoms with Gasteiger partial charge in [0.25, 0.3) is 5.91 Å². The zero-order valence-electron chi connectivity index (χ0n) is 17.7. The molecule has 1 N–H and O–H groups in total. The summed E-state index contributed by atoms with van der Waals surface area (Å²) < 4.78 is 7.66. The second-order valence-corrected chi connectivity index (χ2v) is 8.57. The Hall–Kier alpha value is -3.12. The minimum absolute atomic E-state index is 0.0408. The van der Waals surface area contributed by atoms with E-state index in [4.69, 9.17) is 4.74 Å². The molecule has 1 aromatic heterocycles. The second-order valence-electron chi connectivity index (χ2n) is 8.57. The van der Waals surface area contributed by atoms with E-state index in [-0.39, 0.29) is 18.7 Å². The first kappa shape index (κ1) is 19.8. The van der Waals surface area contributed by atoms with E-state index in [1.54, 1.807) is 9.58 Å². The van der Waals surface area contributed by atoms with Crippen LogP contribution in [0.1, 0.15) is 47.2 Å². The molecule has 1 amide bonds. The van der Waals surface area contributed by atoms with Crippen molar-refractivity contribution in [2.45, 2.75) is 44.2 Å². The molecule has 1 fully saturated rings. The van der Waals surface area contributed by atoms with Gasteiger partial charge in [-0.1, -0.05) is 43.2 Å². The van der Waals surface area contributed by atoms with Crippen LogP contribution in [-0.2, 0) is 13.5 Å².